The summed E-state index contributed by atoms with van der Waals surface area (Å²) >= 11 is 6.02. The Balaban J connectivity index is 2.66. The highest BCUT2D eigenvalue weighted by Crippen LogP contribution is 2.32. The lowest BCUT2D eigenvalue weighted by atomic mass is 10.1. The first kappa shape index (κ1) is 12.5. The molecule has 0 fully saturated rings. The number of fused-ring (bicyclic) bond motifs is 1. The van der Waals surface area contributed by atoms with Gasteiger partial charge in [-0.3, -0.25) is 0 Å². The molecule has 0 spiro atoms. The van der Waals surface area contributed by atoms with Crippen molar-refractivity contribution < 1.29 is 9.47 Å². The molecule has 0 aliphatic rings. The van der Waals surface area contributed by atoms with Crippen molar-refractivity contribution in [2.24, 2.45) is 0 Å². The van der Waals surface area contributed by atoms with E-state index in [9.17, 15) is 0 Å². The third-order valence-electron chi connectivity index (χ3n) is 2.62. The van der Waals surface area contributed by atoms with Gasteiger partial charge in [-0.2, -0.15) is 5.26 Å². The minimum Gasteiger partial charge on any atom is -0.493 e. The maximum absolute atomic E-state index is 8.72. The average Bonchev–Trinajstić information content (AvgIpc) is 2.38. The summed E-state index contributed by atoms with van der Waals surface area (Å²) in [7, 11) is 3.14. The van der Waals surface area contributed by atoms with Gasteiger partial charge in [0.2, 0.25) is 0 Å². The molecule has 2 aromatic rings. The third-order valence-corrected chi connectivity index (χ3v) is 2.94. The Bertz CT molecular complexity index is 635. The van der Waals surface area contributed by atoms with Gasteiger partial charge in [-0.05, 0) is 12.1 Å². The predicted octanol–water partition coefficient (Wildman–Crippen LogP) is 2.97. The van der Waals surface area contributed by atoms with Gasteiger partial charge in [0.1, 0.15) is 5.15 Å². The number of pyridine rings is 1. The van der Waals surface area contributed by atoms with Crippen LogP contribution in [0.15, 0.2) is 18.2 Å². The fraction of sp³-hybridized carbons (Fsp3) is 0.231. The molecule has 18 heavy (non-hydrogen) atoms. The van der Waals surface area contributed by atoms with E-state index >= 15 is 0 Å². The molecular formula is C13H11ClN2O2. The van der Waals surface area contributed by atoms with Crippen LogP contribution in [0.1, 0.15) is 5.56 Å². The van der Waals surface area contributed by atoms with Gasteiger partial charge in [0.15, 0.2) is 11.5 Å². The van der Waals surface area contributed by atoms with Crippen LogP contribution in [0.4, 0.5) is 0 Å². The number of nitrogens with zero attached hydrogens (tertiary/aromatic N) is 2. The summed E-state index contributed by atoms with van der Waals surface area (Å²) in [4.78, 5) is 4.26. The van der Waals surface area contributed by atoms with Crippen molar-refractivity contribution in [2.75, 3.05) is 14.2 Å². The molecular weight excluding hydrogens is 252 g/mol. The zero-order chi connectivity index (χ0) is 13.1. The normalized spacial score (nSPS) is 10.1. The highest BCUT2D eigenvalue weighted by molar-refractivity contribution is 6.30. The molecule has 1 heterocycles. The summed E-state index contributed by atoms with van der Waals surface area (Å²) in [5.41, 5.74) is 1.42. The third kappa shape index (κ3) is 2.18. The van der Waals surface area contributed by atoms with Gasteiger partial charge in [-0.1, -0.05) is 11.6 Å². The number of halogens is 1. The van der Waals surface area contributed by atoms with Crippen molar-refractivity contribution in [1.82, 2.24) is 4.98 Å². The highest BCUT2D eigenvalue weighted by Gasteiger charge is 2.10. The average molecular weight is 263 g/mol. The Kier molecular flexibility index (Phi) is 3.54. The van der Waals surface area contributed by atoms with Gasteiger partial charge in [0.25, 0.3) is 0 Å². The molecule has 4 nitrogen and oxygen atoms in total. The second kappa shape index (κ2) is 5.11. The molecule has 0 saturated heterocycles. The molecule has 1 aromatic carbocycles. The number of hydrogen-bond donors (Lipinski definition) is 0. The zero-order valence-corrected chi connectivity index (χ0v) is 10.8. The van der Waals surface area contributed by atoms with E-state index in [1.165, 1.54) is 0 Å². The van der Waals surface area contributed by atoms with Crippen LogP contribution < -0.4 is 9.47 Å². The summed E-state index contributed by atoms with van der Waals surface area (Å²) in [5, 5.41) is 9.93. The molecule has 0 bridgehead atoms. The van der Waals surface area contributed by atoms with E-state index in [0.717, 1.165) is 5.39 Å². The lowest BCUT2D eigenvalue weighted by Crippen LogP contribution is -1.93. The van der Waals surface area contributed by atoms with Crippen molar-refractivity contribution in [3.05, 3.63) is 28.9 Å². The molecule has 0 atom stereocenters. The summed E-state index contributed by atoms with van der Waals surface area (Å²) in [6.45, 7) is 0. The van der Waals surface area contributed by atoms with Gasteiger partial charge in [-0.15, -0.1) is 0 Å². The first-order chi connectivity index (χ1) is 8.69. The maximum Gasteiger partial charge on any atom is 0.162 e. The number of benzene rings is 1. The Labute approximate surface area is 110 Å². The molecule has 92 valence electrons. The first-order valence-electron chi connectivity index (χ1n) is 5.27. The van der Waals surface area contributed by atoms with Crippen molar-refractivity contribution in [1.29, 1.82) is 5.26 Å². The standard InChI is InChI=1S/C13H11ClN2O2/c1-17-11-6-9-5-8(3-4-15)13(14)16-10(9)7-12(11)18-2/h5-7H,3H2,1-2H3. The lowest BCUT2D eigenvalue weighted by Gasteiger charge is -2.10. The topological polar surface area (TPSA) is 55.1 Å². The highest BCUT2D eigenvalue weighted by atomic mass is 35.5. The first-order valence-corrected chi connectivity index (χ1v) is 5.65. The van der Waals surface area contributed by atoms with Gasteiger partial charge in [0.05, 0.1) is 32.2 Å². The number of aromatic nitrogens is 1. The monoisotopic (exact) mass is 262 g/mol. The maximum atomic E-state index is 8.72. The molecule has 0 aliphatic heterocycles. The number of ether oxygens (including phenoxy) is 2. The van der Waals surface area contributed by atoms with E-state index < -0.39 is 0 Å². The number of rotatable bonds is 3. The van der Waals surface area contributed by atoms with Gasteiger partial charge < -0.3 is 9.47 Å². The number of methoxy groups -OCH3 is 2. The van der Waals surface area contributed by atoms with Crippen molar-refractivity contribution in [2.45, 2.75) is 6.42 Å². The van der Waals surface area contributed by atoms with E-state index in [0.29, 0.717) is 27.7 Å². The second-order valence-corrected chi connectivity index (χ2v) is 4.03. The summed E-state index contributed by atoms with van der Waals surface area (Å²) < 4.78 is 10.4. The smallest absolute Gasteiger partial charge is 0.162 e. The minimum absolute atomic E-state index is 0.232. The van der Waals surface area contributed by atoms with Crippen LogP contribution in [0.25, 0.3) is 10.9 Å². The molecule has 2 rings (SSSR count). The molecule has 0 radical (unpaired) electrons. The van der Waals surface area contributed by atoms with Crippen molar-refractivity contribution in [3.8, 4) is 17.6 Å². The SMILES string of the molecule is COc1cc2cc(CC#N)c(Cl)nc2cc1OC. The molecule has 1 aromatic heterocycles. The summed E-state index contributed by atoms with van der Waals surface area (Å²) in [6, 6.07) is 7.48. The largest absolute Gasteiger partial charge is 0.493 e. The number of hydrogen-bond acceptors (Lipinski definition) is 4. The quantitative estimate of drug-likeness (QED) is 0.798. The number of nitriles is 1. The van der Waals surface area contributed by atoms with E-state index in [4.69, 9.17) is 26.3 Å². The van der Waals surface area contributed by atoms with Crippen LogP contribution in [0.2, 0.25) is 5.15 Å². The van der Waals surface area contributed by atoms with Crippen LogP contribution in [0, 0.1) is 11.3 Å². The van der Waals surface area contributed by atoms with Gasteiger partial charge >= 0.3 is 0 Å². The molecule has 5 heteroatoms. The molecule has 0 aliphatic carbocycles. The van der Waals surface area contributed by atoms with Crippen LogP contribution in [0.5, 0.6) is 11.5 Å². The minimum atomic E-state index is 0.232. The Morgan fingerprint density at radius 2 is 1.89 bits per heavy atom. The van der Waals surface area contributed by atoms with Gasteiger partial charge in [0, 0.05) is 17.0 Å². The molecule has 0 amide bonds. The lowest BCUT2D eigenvalue weighted by molar-refractivity contribution is 0.356. The van der Waals surface area contributed by atoms with Crippen molar-refractivity contribution in [3.63, 3.8) is 0 Å². The van der Waals surface area contributed by atoms with E-state index in [2.05, 4.69) is 11.1 Å². The molecule has 0 unspecified atom stereocenters. The predicted molar refractivity (Wildman–Crippen MR) is 69.2 cm³/mol. The second-order valence-electron chi connectivity index (χ2n) is 3.67. The van der Waals surface area contributed by atoms with E-state index in [1.807, 2.05) is 12.1 Å². The van der Waals surface area contributed by atoms with Crippen LogP contribution in [-0.2, 0) is 6.42 Å². The Morgan fingerprint density at radius 1 is 1.22 bits per heavy atom. The van der Waals surface area contributed by atoms with Gasteiger partial charge in [-0.25, -0.2) is 4.98 Å². The summed E-state index contributed by atoms with van der Waals surface area (Å²) in [5.74, 6) is 1.22. The fourth-order valence-electron chi connectivity index (χ4n) is 1.73. The van der Waals surface area contributed by atoms with E-state index in [1.54, 1.807) is 20.3 Å². The molecule has 0 saturated carbocycles. The van der Waals surface area contributed by atoms with Crippen LogP contribution in [0.3, 0.4) is 0 Å². The van der Waals surface area contributed by atoms with Crippen LogP contribution >= 0.6 is 11.6 Å². The van der Waals surface area contributed by atoms with Crippen LogP contribution in [-0.4, -0.2) is 19.2 Å². The molecule has 0 N–H and O–H groups in total. The van der Waals surface area contributed by atoms with E-state index in [-0.39, 0.29) is 6.42 Å². The van der Waals surface area contributed by atoms with Crippen molar-refractivity contribution >= 4 is 22.5 Å². The Hall–Kier alpha value is -1.99. The fourth-order valence-corrected chi connectivity index (χ4v) is 1.94. The summed E-state index contributed by atoms with van der Waals surface area (Å²) in [6.07, 6.45) is 0.232. The zero-order valence-electron chi connectivity index (χ0n) is 10.0. The Morgan fingerprint density at radius 3 is 2.50 bits per heavy atom.